The maximum absolute atomic E-state index is 11.9. The highest BCUT2D eigenvalue weighted by molar-refractivity contribution is 6.04. The van der Waals surface area contributed by atoms with Crippen molar-refractivity contribution in [2.75, 3.05) is 0 Å². The van der Waals surface area contributed by atoms with Crippen molar-refractivity contribution >= 4 is 11.9 Å². The van der Waals surface area contributed by atoms with Gasteiger partial charge in [0.1, 0.15) is 28.4 Å². The van der Waals surface area contributed by atoms with Crippen molar-refractivity contribution in [1.29, 1.82) is 0 Å². The second kappa shape index (κ2) is 8.98. The topological polar surface area (TPSA) is 83.8 Å². The number of carbonyl (C=O) groups excluding carboxylic acids is 2. The largest absolute Gasteiger partial charge is 0.507 e. The third-order valence-corrected chi connectivity index (χ3v) is 3.17. The van der Waals surface area contributed by atoms with E-state index in [4.69, 9.17) is 0 Å². The lowest BCUT2D eigenvalue weighted by atomic mass is 10.2. The number of rotatable bonds is 2. The summed E-state index contributed by atoms with van der Waals surface area (Å²) in [5.41, 5.74) is -0.238. The maximum Gasteiger partial charge on any atom is 0.349 e. The average Bonchev–Trinajstić information content (AvgIpc) is 2.63. The first-order valence-electron chi connectivity index (χ1n) is 7.52. The molecule has 0 amide bonds. The molecule has 0 aliphatic rings. The van der Waals surface area contributed by atoms with E-state index < -0.39 is 11.9 Å². The van der Waals surface area contributed by atoms with E-state index in [1.54, 1.807) is 18.2 Å². The summed E-state index contributed by atoms with van der Waals surface area (Å²) in [6.45, 7) is 0. The smallest absolute Gasteiger partial charge is 0.349 e. The first-order valence-corrected chi connectivity index (χ1v) is 7.52. The second-order valence-corrected chi connectivity index (χ2v) is 5.01. The SMILES string of the molecule is Fc1ccccc1.O=C(OC(=O)c1ccccc1O)c1ccccc1O. The molecule has 0 radical (unpaired) electrons. The summed E-state index contributed by atoms with van der Waals surface area (Å²) in [7, 11) is 0. The molecular weight excluding hydrogens is 339 g/mol. The Hall–Kier alpha value is -3.67. The molecule has 132 valence electrons. The normalized spacial score (nSPS) is 9.58. The molecule has 0 fully saturated rings. The zero-order chi connectivity index (χ0) is 18.9. The Labute approximate surface area is 148 Å². The maximum atomic E-state index is 11.9. The van der Waals surface area contributed by atoms with E-state index in [2.05, 4.69) is 4.74 Å². The number of phenolic OH excluding ortho intramolecular Hbond substituents is 2. The Bertz CT molecular complexity index is 838. The van der Waals surface area contributed by atoms with Crippen molar-refractivity contribution in [2.45, 2.75) is 0 Å². The zero-order valence-corrected chi connectivity index (χ0v) is 13.5. The molecule has 3 rings (SSSR count). The summed E-state index contributed by atoms with van der Waals surface area (Å²) in [5.74, 6) is -2.70. The summed E-state index contributed by atoms with van der Waals surface area (Å²) < 4.78 is 16.5. The number of benzene rings is 3. The standard InChI is InChI=1S/C14H10O5.C6H5F/c15-11-7-3-1-5-9(11)13(17)19-14(18)10-6-2-4-8-12(10)16;7-6-4-2-1-3-5-6/h1-8,15-16H;1-5H. The molecule has 2 N–H and O–H groups in total. The van der Waals surface area contributed by atoms with Gasteiger partial charge in [0.2, 0.25) is 0 Å². The van der Waals surface area contributed by atoms with E-state index in [0.717, 1.165) is 0 Å². The lowest BCUT2D eigenvalue weighted by Crippen LogP contribution is -2.13. The van der Waals surface area contributed by atoms with Gasteiger partial charge >= 0.3 is 11.9 Å². The molecule has 5 nitrogen and oxygen atoms in total. The zero-order valence-electron chi connectivity index (χ0n) is 13.5. The molecule has 0 aliphatic heterocycles. The van der Waals surface area contributed by atoms with Crippen molar-refractivity contribution in [3.8, 4) is 11.5 Å². The van der Waals surface area contributed by atoms with Gasteiger partial charge in [-0.25, -0.2) is 14.0 Å². The minimum Gasteiger partial charge on any atom is -0.507 e. The minimum absolute atomic E-state index is 0.119. The quantitative estimate of drug-likeness (QED) is 0.538. The van der Waals surface area contributed by atoms with Crippen LogP contribution in [0.25, 0.3) is 0 Å². The summed E-state index contributed by atoms with van der Waals surface area (Å²) >= 11 is 0. The van der Waals surface area contributed by atoms with E-state index in [0.29, 0.717) is 0 Å². The molecular formula is C20H15FO5. The van der Waals surface area contributed by atoms with Crippen LogP contribution in [0.1, 0.15) is 20.7 Å². The average molecular weight is 354 g/mol. The van der Waals surface area contributed by atoms with Crippen LogP contribution in [0.4, 0.5) is 4.39 Å². The molecule has 3 aromatic rings. The summed E-state index contributed by atoms with van der Waals surface area (Å²) in [6.07, 6.45) is 0. The van der Waals surface area contributed by atoms with Crippen molar-refractivity contribution in [1.82, 2.24) is 0 Å². The van der Waals surface area contributed by atoms with Crippen LogP contribution in [-0.4, -0.2) is 22.2 Å². The van der Waals surface area contributed by atoms with Crippen LogP contribution in [0, 0.1) is 5.82 Å². The number of hydrogen-bond donors (Lipinski definition) is 2. The Morgan fingerprint density at radius 1 is 0.654 bits per heavy atom. The lowest BCUT2D eigenvalue weighted by Gasteiger charge is -2.05. The van der Waals surface area contributed by atoms with Crippen LogP contribution in [0.3, 0.4) is 0 Å². The fourth-order valence-corrected chi connectivity index (χ4v) is 1.90. The van der Waals surface area contributed by atoms with Crippen molar-refractivity contribution in [2.24, 2.45) is 0 Å². The number of aromatic hydroxyl groups is 2. The van der Waals surface area contributed by atoms with E-state index in [9.17, 15) is 24.2 Å². The predicted molar refractivity (Wildman–Crippen MR) is 92.4 cm³/mol. The van der Waals surface area contributed by atoms with E-state index in [1.807, 2.05) is 0 Å². The van der Waals surface area contributed by atoms with Gasteiger partial charge in [-0.05, 0) is 36.4 Å². The Morgan fingerprint density at radius 3 is 1.38 bits per heavy atom. The number of halogens is 1. The summed E-state index contributed by atoms with van der Waals surface area (Å²) in [4.78, 5) is 23.4. The number of para-hydroxylation sites is 2. The monoisotopic (exact) mass is 354 g/mol. The highest BCUT2D eigenvalue weighted by Gasteiger charge is 2.19. The third-order valence-electron chi connectivity index (χ3n) is 3.17. The highest BCUT2D eigenvalue weighted by atomic mass is 19.1. The van der Waals surface area contributed by atoms with Gasteiger partial charge in [-0.2, -0.15) is 0 Å². The molecule has 0 aliphatic carbocycles. The molecule has 0 spiro atoms. The first-order chi connectivity index (χ1) is 12.5. The van der Waals surface area contributed by atoms with Gasteiger partial charge in [0.25, 0.3) is 0 Å². The van der Waals surface area contributed by atoms with Crippen LogP contribution in [0.2, 0.25) is 0 Å². The Morgan fingerprint density at radius 2 is 1.04 bits per heavy atom. The fraction of sp³-hybridized carbons (Fsp3) is 0. The molecule has 3 aromatic carbocycles. The van der Waals surface area contributed by atoms with Gasteiger partial charge in [0, 0.05) is 0 Å². The molecule has 6 heteroatoms. The predicted octanol–water partition coefficient (Wildman–Crippen LogP) is 3.92. The van der Waals surface area contributed by atoms with Crippen LogP contribution in [0.5, 0.6) is 11.5 Å². The fourth-order valence-electron chi connectivity index (χ4n) is 1.90. The van der Waals surface area contributed by atoms with Gasteiger partial charge in [0.05, 0.1) is 0 Å². The summed E-state index contributed by atoms with van der Waals surface area (Å²) in [6, 6.07) is 19.3. The number of ether oxygens (including phenoxy) is 1. The van der Waals surface area contributed by atoms with E-state index in [1.165, 1.54) is 60.7 Å². The molecule has 0 heterocycles. The van der Waals surface area contributed by atoms with Crippen LogP contribution >= 0.6 is 0 Å². The van der Waals surface area contributed by atoms with Gasteiger partial charge in [0.15, 0.2) is 0 Å². The number of phenols is 2. The van der Waals surface area contributed by atoms with Crippen molar-refractivity contribution in [3.63, 3.8) is 0 Å². The summed E-state index contributed by atoms with van der Waals surface area (Å²) in [5, 5.41) is 18.9. The molecule has 0 bridgehead atoms. The lowest BCUT2D eigenvalue weighted by molar-refractivity contribution is 0.0394. The van der Waals surface area contributed by atoms with E-state index in [-0.39, 0.29) is 28.4 Å². The van der Waals surface area contributed by atoms with Crippen molar-refractivity contribution in [3.05, 3.63) is 95.8 Å². The molecule has 0 saturated heterocycles. The Kier molecular flexibility index (Phi) is 6.45. The minimum atomic E-state index is -0.980. The molecule has 0 unspecified atom stereocenters. The number of carbonyl (C=O) groups is 2. The first kappa shape index (κ1) is 18.7. The van der Waals surface area contributed by atoms with Crippen LogP contribution in [0.15, 0.2) is 78.9 Å². The molecule has 0 saturated carbocycles. The third kappa shape index (κ3) is 5.17. The number of esters is 2. The molecule has 0 aromatic heterocycles. The Balaban J connectivity index is 0.000000290. The van der Waals surface area contributed by atoms with Crippen LogP contribution in [-0.2, 0) is 4.74 Å². The van der Waals surface area contributed by atoms with Gasteiger partial charge in [-0.3, -0.25) is 0 Å². The van der Waals surface area contributed by atoms with Gasteiger partial charge in [-0.15, -0.1) is 0 Å². The van der Waals surface area contributed by atoms with Gasteiger partial charge in [-0.1, -0.05) is 42.5 Å². The van der Waals surface area contributed by atoms with Gasteiger partial charge < -0.3 is 14.9 Å². The van der Waals surface area contributed by atoms with E-state index >= 15 is 0 Å². The number of hydrogen-bond acceptors (Lipinski definition) is 5. The molecule has 26 heavy (non-hydrogen) atoms. The second-order valence-electron chi connectivity index (χ2n) is 5.01. The highest BCUT2D eigenvalue weighted by Crippen LogP contribution is 2.20. The van der Waals surface area contributed by atoms with Crippen LogP contribution < -0.4 is 0 Å². The molecule has 0 atom stereocenters. The van der Waals surface area contributed by atoms with Crippen molar-refractivity contribution < 1.29 is 28.9 Å².